The molecule has 1 aliphatic rings. The Balaban J connectivity index is 2.14. The molecule has 0 saturated heterocycles. The van der Waals surface area contributed by atoms with Crippen LogP contribution < -0.4 is 5.73 Å². The second-order valence-corrected chi connectivity index (χ2v) is 6.09. The maximum Gasteiger partial charge on any atom is 0.0326 e. The lowest BCUT2D eigenvalue weighted by atomic mass is 9.75. The van der Waals surface area contributed by atoms with Crippen LogP contribution in [-0.4, -0.2) is 0 Å². The van der Waals surface area contributed by atoms with Gasteiger partial charge in [-0.05, 0) is 42.2 Å². The zero-order chi connectivity index (χ0) is 13.7. The molecule has 0 amide bonds. The number of nitrogens with two attached hydrogens (primary N) is 1. The number of unbranched alkanes of at least 4 members (excludes halogenated alkanes) is 1. The van der Waals surface area contributed by atoms with Gasteiger partial charge in [-0.3, -0.25) is 0 Å². The molecule has 2 atom stereocenters. The van der Waals surface area contributed by atoms with Gasteiger partial charge in [0.25, 0.3) is 0 Å². The Kier molecular flexibility index (Phi) is 5.45. The first kappa shape index (κ1) is 14.6. The maximum absolute atomic E-state index is 6.61. The van der Waals surface area contributed by atoms with E-state index in [1.165, 1.54) is 56.1 Å². The Morgan fingerprint density at radius 1 is 1.21 bits per heavy atom. The van der Waals surface area contributed by atoms with Gasteiger partial charge in [0, 0.05) is 6.04 Å². The van der Waals surface area contributed by atoms with Crippen molar-refractivity contribution in [2.24, 2.45) is 11.7 Å². The second kappa shape index (κ2) is 7.09. The van der Waals surface area contributed by atoms with Crippen LogP contribution in [0.2, 0.25) is 0 Å². The minimum absolute atomic E-state index is 0.230. The van der Waals surface area contributed by atoms with Crippen molar-refractivity contribution in [3.8, 4) is 0 Å². The van der Waals surface area contributed by atoms with Gasteiger partial charge in [0.1, 0.15) is 0 Å². The van der Waals surface area contributed by atoms with E-state index in [0.29, 0.717) is 5.92 Å². The Labute approximate surface area is 118 Å². The van der Waals surface area contributed by atoms with E-state index in [0.717, 1.165) is 5.92 Å². The third-order valence-corrected chi connectivity index (χ3v) is 4.86. The van der Waals surface area contributed by atoms with Crippen molar-refractivity contribution in [3.63, 3.8) is 0 Å². The molecule has 1 heteroatoms. The summed E-state index contributed by atoms with van der Waals surface area (Å²) in [5.74, 6) is 1.42. The highest BCUT2D eigenvalue weighted by molar-refractivity contribution is 5.34. The zero-order valence-electron chi connectivity index (χ0n) is 12.6. The predicted octanol–water partition coefficient (Wildman–Crippen LogP) is 5.17. The van der Waals surface area contributed by atoms with Crippen molar-refractivity contribution in [2.45, 2.75) is 70.8 Å². The third kappa shape index (κ3) is 3.39. The molecular formula is C18H29N. The summed E-state index contributed by atoms with van der Waals surface area (Å²) in [6, 6.07) is 9.15. The van der Waals surface area contributed by atoms with Crippen LogP contribution in [0.25, 0.3) is 0 Å². The molecule has 106 valence electrons. The van der Waals surface area contributed by atoms with Crippen molar-refractivity contribution in [1.29, 1.82) is 0 Å². The molecule has 0 aliphatic heterocycles. The van der Waals surface area contributed by atoms with Crippen molar-refractivity contribution in [3.05, 3.63) is 35.4 Å². The van der Waals surface area contributed by atoms with Crippen LogP contribution in [0.3, 0.4) is 0 Å². The molecule has 19 heavy (non-hydrogen) atoms. The molecule has 0 aromatic heterocycles. The Morgan fingerprint density at radius 2 is 1.95 bits per heavy atom. The largest absolute Gasteiger partial charge is 0.324 e. The summed E-state index contributed by atoms with van der Waals surface area (Å²) < 4.78 is 0. The number of hydrogen-bond donors (Lipinski definition) is 1. The van der Waals surface area contributed by atoms with E-state index in [4.69, 9.17) is 5.73 Å². The molecule has 1 aromatic rings. The van der Waals surface area contributed by atoms with Crippen molar-refractivity contribution >= 4 is 0 Å². The molecule has 1 saturated carbocycles. The maximum atomic E-state index is 6.61. The summed E-state index contributed by atoms with van der Waals surface area (Å²) in [5.41, 5.74) is 9.57. The molecule has 0 bridgehead atoms. The standard InChI is InChI=1S/C18H29N/c1-3-5-9-14(4-2)18(19)17-13-7-6-12-16(17)15-10-8-11-15/h6-7,12-15,18H,3-5,8-11,19H2,1-2H3. The summed E-state index contributed by atoms with van der Waals surface area (Å²) in [5, 5.41) is 0. The third-order valence-electron chi connectivity index (χ3n) is 4.86. The quantitative estimate of drug-likeness (QED) is 0.718. The summed E-state index contributed by atoms with van der Waals surface area (Å²) in [6.07, 6.45) is 9.14. The number of benzene rings is 1. The summed E-state index contributed by atoms with van der Waals surface area (Å²) in [4.78, 5) is 0. The molecule has 1 fully saturated rings. The monoisotopic (exact) mass is 259 g/mol. The van der Waals surface area contributed by atoms with E-state index in [1.54, 1.807) is 0 Å². The molecule has 1 aromatic carbocycles. The van der Waals surface area contributed by atoms with Crippen LogP contribution >= 0.6 is 0 Å². The Bertz CT molecular complexity index is 381. The van der Waals surface area contributed by atoms with Crippen LogP contribution in [0.4, 0.5) is 0 Å². The molecule has 2 N–H and O–H groups in total. The van der Waals surface area contributed by atoms with Gasteiger partial charge < -0.3 is 5.73 Å². The summed E-state index contributed by atoms with van der Waals surface area (Å²) in [7, 11) is 0. The van der Waals surface area contributed by atoms with Crippen LogP contribution in [-0.2, 0) is 0 Å². The second-order valence-electron chi connectivity index (χ2n) is 6.09. The van der Waals surface area contributed by atoms with Gasteiger partial charge >= 0.3 is 0 Å². The fourth-order valence-electron chi connectivity index (χ4n) is 3.26. The van der Waals surface area contributed by atoms with Gasteiger partial charge in [0.2, 0.25) is 0 Å². The van der Waals surface area contributed by atoms with E-state index in [1.807, 2.05) is 0 Å². The van der Waals surface area contributed by atoms with Crippen LogP contribution in [0, 0.1) is 5.92 Å². The molecule has 2 unspecified atom stereocenters. The Hall–Kier alpha value is -0.820. The summed E-state index contributed by atoms with van der Waals surface area (Å²) >= 11 is 0. The van der Waals surface area contributed by atoms with Gasteiger partial charge in [0.05, 0.1) is 0 Å². The average molecular weight is 259 g/mol. The first-order valence-electron chi connectivity index (χ1n) is 8.12. The smallest absolute Gasteiger partial charge is 0.0326 e. The first-order valence-corrected chi connectivity index (χ1v) is 8.12. The SMILES string of the molecule is CCCCC(CC)C(N)c1ccccc1C1CCC1. The van der Waals surface area contributed by atoms with E-state index >= 15 is 0 Å². The van der Waals surface area contributed by atoms with Crippen LogP contribution in [0.15, 0.2) is 24.3 Å². The van der Waals surface area contributed by atoms with Gasteiger partial charge in [0.15, 0.2) is 0 Å². The fourth-order valence-corrected chi connectivity index (χ4v) is 3.26. The van der Waals surface area contributed by atoms with E-state index in [2.05, 4.69) is 38.1 Å². The molecule has 0 spiro atoms. The first-order chi connectivity index (χ1) is 9.27. The zero-order valence-corrected chi connectivity index (χ0v) is 12.6. The van der Waals surface area contributed by atoms with Crippen LogP contribution in [0.5, 0.6) is 0 Å². The topological polar surface area (TPSA) is 26.0 Å². The van der Waals surface area contributed by atoms with Crippen molar-refractivity contribution in [1.82, 2.24) is 0 Å². The lowest BCUT2D eigenvalue weighted by Gasteiger charge is -2.32. The molecule has 1 aliphatic carbocycles. The normalized spacial score (nSPS) is 18.9. The predicted molar refractivity (Wildman–Crippen MR) is 83.3 cm³/mol. The van der Waals surface area contributed by atoms with Crippen LogP contribution in [0.1, 0.15) is 81.9 Å². The van der Waals surface area contributed by atoms with Crippen molar-refractivity contribution < 1.29 is 0 Å². The van der Waals surface area contributed by atoms with E-state index in [9.17, 15) is 0 Å². The molecule has 0 radical (unpaired) electrons. The number of hydrogen-bond acceptors (Lipinski definition) is 1. The highest BCUT2D eigenvalue weighted by Gasteiger charge is 2.26. The lowest BCUT2D eigenvalue weighted by molar-refractivity contribution is 0.366. The highest BCUT2D eigenvalue weighted by Crippen LogP contribution is 2.40. The van der Waals surface area contributed by atoms with Gasteiger partial charge in [-0.25, -0.2) is 0 Å². The Morgan fingerprint density at radius 3 is 2.53 bits per heavy atom. The molecule has 2 rings (SSSR count). The van der Waals surface area contributed by atoms with Crippen molar-refractivity contribution in [2.75, 3.05) is 0 Å². The van der Waals surface area contributed by atoms with Gasteiger partial charge in [-0.15, -0.1) is 0 Å². The lowest BCUT2D eigenvalue weighted by Crippen LogP contribution is -2.24. The fraction of sp³-hybridized carbons (Fsp3) is 0.667. The average Bonchev–Trinajstić information content (AvgIpc) is 2.38. The minimum Gasteiger partial charge on any atom is -0.324 e. The molecule has 0 heterocycles. The van der Waals surface area contributed by atoms with Gasteiger partial charge in [-0.1, -0.05) is 63.8 Å². The number of rotatable bonds is 7. The molecular weight excluding hydrogens is 230 g/mol. The summed E-state index contributed by atoms with van der Waals surface area (Å²) in [6.45, 7) is 4.55. The van der Waals surface area contributed by atoms with Gasteiger partial charge in [-0.2, -0.15) is 0 Å². The highest BCUT2D eigenvalue weighted by atomic mass is 14.7. The van der Waals surface area contributed by atoms with E-state index in [-0.39, 0.29) is 6.04 Å². The molecule has 1 nitrogen and oxygen atoms in total. The van der Waals surface area contributed by atoms with E-state index < -0.39 is 0 Å². The minimum atomic E-state index is 0.230.